The normalized spacial score (nSPS) is 12.0. The summed E-state index contributed by atoms with van der Waals surface area (Å²) in [7, 11) is 0. The Morgan fingerprint density at radius 3 is 2.17 bits per heavy atom. The molecule has 0 aliphatic rings. The van der Waals surface area contributed by atoms with Gasteiger partial charge in [0.25, 0.3) is 5.91 Å². The minimum Gasteiger partial charge on any atom is -0.330 e. The molecular formula is C22H31FN4O2. The second kappa shape index (κ2) is 8.35. The van der Waals surface area contributed by atoms with E-state index in [0.717, 1.165) is 5.69 Å². The molecule has 0 radical (unpaired) electrons. The van der Waals surface area contributed by atoms with Gasteiger partial charge in [-0.1, -0.05) is 20.8 Å². The summed E-state index contributed by atoms with van der Waals surface area (Å²) >= 11 is 0. The van der Waals surface area contributed by atoms with Crippen molar-refractivity contribution >= 4 is 17.6 Å². The third-order valence-electron chi connectivity index (χ3n) is 4.48. The van der Waals surface area contributed by atoms with Crippen LogP contribution in [0.4, 0.5) is 10.2 Å². The van der Waals surface area contributed by atoms with E-state index in [0.29, 0.717) is 17.9 Å². The van der Waals surface area contributed by atoms with Gasteiger partial charge in [-0.3, -0.25) is 9.59 Å². The van der Waals surface area contributed by atoms with E-state index in [4.69, 9.17) is 0 Å². The van der Waals surface area contributed by atoms with Crippen LogP contribution in [0.2, 0.25) is 0 Å². The number of aromatic nitrogens is 2. The summed E-state index contributed by atoms with van der Waals surface area (Å²) in [4.78, 5) is 26.8. The summed E-state index contributed by atoms with van der Waals surface area (Å²) < 4.78 is 14.9. The van der Waals surface area contributed by atoms with Gasteiger partial charge in [0.1, 0.15) is 18.2 Å². The van der Waals surface area contributed by atoms with E-state index in [2.05, 4.69) is 31.2 Å². The molecule has 1 aromatic heterocycles. The van der Waals surface area contributed by atoms with Crippen LogP contribution in [-0.4, -0.2) is 39.6 Å². The zero-order valence-electron chi connectivity index (χ0n) is 18.3. The average Bonchev–Trinajstić information content (AvgIpc) is 3.04. The molecule has 2 amide bonds. The molecule has 0 saturated carbocycles. The van der Waals surface area contributed by atoms with Crippen LogP contribution in [0.5, 0.6) is 0 Å². The molecule has 0 unspecified atom stereocenters. The first kappa shape index (κ1) is 22.6. The van der Waals surface area contributed by atoms with Crippen molar-refractivity contribution in [2.24, 2.45) is 0 Å². The quantitative estimate of drug-likeness (QED) is 0.816. The summed E-state index contributed by atoms with van der Waals surface area (Å²) in [5, 5.41) is 7.58. The van der Waals surface area contributed by atoms with E-state index in [1.165, 1.54) is 29.2 Å². The molecular weight excluding hydrogens is 371 g/mol. The number of carbonyl (C=O) groups excluding carboxylic acids is 2. The topological polar surface area (TPSA) is 67.2 Å². The van der Waals surface area contributed by atoms with E-state index in [1.807, 2.05) is 26.8 Å². The summed E-state index contributed by atoms with van der Waals surface area (Å²) in [5.74, 6) is -0.444. The van der Waals surface area contributed by atoms with Gasteiger partial charge in [0.05, 0.1) is 11.2 Å². The monoisotopic (exact) mass is 402 g/mol. The standard InChI is InChI=1S/C22H31FN4O2/c1-8-26(20(29)15-9-11-16(23)12-10-15)14-19(28)24-18-13-17(21(2,3)4)25-27(18)22(5,6)7/h9-13H,8,14H2,1-7H3,(H,24,28). The number of nitrogens with one attached hydrogen (secondary N) is 1. The molecule has 7 heteroatoms. The molecule has 1 heterocycles. The van der Waals surface area contributed by atoms with Gasteiger partial charge >= 0.3 is 0 Å². The highest BCUT2D eigenvalue weighted by atomic mass is 19.1. The summed E-state index contributed by atoms with van der Waals surface area (Å²) in [6, 6.07) is 7.18. The number of hydrogen-bond donors (Lipinski definition) is 1. The van der Waals surface area contributed by atoms with Crippen molar-refractivity contribution in [3.63, 3.8) is 0 Å². The molecule has 6 nitrogen and oxygen atoms in total. The van der Waals surface area contributed by atoms with Crippen LogP contribution in [0.1, 0.15) is 64.5 Å². The second-order valence-electron chi connectivity index (χ2n) is 9.12. The molecule has 29 heavy (non-hydrogen) atoms. The van der Waals surface area contributed by atoms with Crippen LogP contribution in [0.15, 0.2) is 30.3 Å². The molecule has 1 N–H and O–H groups in total. The van der Waals surface area contributed by atoms with E-state index in [1.54, 1.807) is 11.6 Å². The van der Waals surface area contributed by atoms with Crippen molar-refractivity contribution in [3.05, 3.63) is 47.4 Å². The number of halogens is 1. The van der Waals surface area contributed by atoms with E-state index in [-0.39, 0.29) is 29.3 Å². The first-order valence-corrected chi connectivity index (χ1v) is 9.78. The maximum absolute atomic E-state index is 13.1. The zero-order valence-corrected chi connectivity index (χ0v) is 18.3. The largest absolute Gasteiger partial charge is 0.330 e. The highest BCUT2D eigenvalue weighted by Gasteiger charge is 2.26. The molecule has 158 valence electrons. The van der Waals surface area contributed by atoms with E-state index in [9.17, 15) is 14.0 Å². The van der Waals surface area contributed by atoms with Crippen molar-refractivity contribution < 1.29 is 14.0 Å². The molecule has 2 rings (SSSR count). The Balaban J connectivity index is 2.19. The first-order valence-electron chi connectivity index (χ1n) is 9.78. The van der Waals surface area contributed by atoms with Crippen molar-refractivity contribution in [1.82, 2.24) is 14.7 Å². The number of nitrogens with zero attached hydrogens (tertiary/aromatic N) is 3. The Morgan fingerprint density at radius 2 is 1.69 bits per heavy atom. The lowest BCUT2D eigenvalue weighted by Crippen LogP contribution is -2.38. The smallest absolute Gasteiger partial charge is 0.254 e. The molecule has 0 saturated heterocycles. The van der Waals surface area contributed by atoms with Gasteiger partial charge in [-0.15, -0.1) is 0 Å². The first-order chi connectivity index (χ1) is 13.3. The summed E-state index contributed by atoms with van der Waals surface area (Å²) in [5.41, 5.74) is 0.734. The van der Waals surface area contributed by atoms with Gasteiger partial charge in [-0.2, -0.15) is 5.10 Å². The Morgan fingerprint density at radius 1 is 1.10 bits per heavy atom. The van der Waals surface area contributed by atoms with Gasteiger partial charge in [0, 0.05) is 23.6 Å². The van der Waals surface area contributed by atoms with Crippen molar-refractivity contribution in [3.8, 4) is 0 Å². The maximum atomic E-state index is 13.1. The number of hydrogen-bond acceptors (Lipinski definition) is 3. The predicted octanol–water partition coefficient (Wildman–Crippen LogP) is 4.18. The summed E-state index contributed by atoms with van der Waals surface area (Å²) in [6.07, 6.45) is 0. The van der Waals surface area contributed by atoms with Gasteiger partial charge in [-0.25, -0.2) is 9.07 Å². The third kappa shape index (κ3) is 5.65. The van der Waals surface area contributed by atoms with Crippen LogP contribution in [0, 0.1) is 5.82 Å². The fourth-order valence-electron chi connectivity index (χ4n) is 2.81. The SMILES string of the molecule is CCN(CC(=O)Nc1cc(C(C)(C)C)nn1C(C)(C)C)C(=O)c1ccc(F)cc1. The predicted molar refractivity (Wildman–Crippen MR) is 113 cm³/mol. The zero-order chi connectivity index (χ0) is 22.0. The minimum atomic E-state index is -0.410. The second-order valence-corrected chi connectivity index (χ2v) is 9.12. The van der Waals surface area contributed by atoms with Crippen LogP contribution >= 0.6 is 0 Å². The van der Waals surface area contributed by atoms with Gasteiger partial charge in [0.15, 0.2) is 0 Å². The maximum Gasteiger partial charge on any atom is 0.254 e. The van der Waals surface area contributed by atoms with Crippen molar-refractivity contribution in [1.29, 1.82) is 0 Å². The number of anilines is 1. The number of amides is 2. The number of rotatable bonds is 5. The van der Waals surface area contributed by atoms with Crippen LogP contribution in [0.25, 0.3) is 0 Å². The fraction of sp³-hybridized carbons (Fsp3) is 0.500. The average molecular weight is 403 g/mol. The lowest BCUT2D eigenvalue weighted by Gasteiger charge is -2.24. The van der Waals surface area contributed by atoms with Gasteiger partial charge in [0.2, 0.25) is 5.91 Å². The van der Waals surface area contributed by atoms with Crippen LogP contribution in [0.3, 0.4) is 0 Å². The molecule has 0 atom stereocenters. The number of likely N-dealkylation sites (N-methyl/N-ethyl adjacent to an activating group) is 1. The molecule has 0 fully saturated rings. The molecule has 0 spiro atoms. The van der Waals surface area contributed by atoms with E-state index < -0.39 is 5.82 Å². The Labute approximate surface area is 172 Å². The van der Waals surface area contributed by atoms with Crippen molar-refractivity contribution in [2.45, 2.75) is 59.4 Å². The molecule has 0 aliphatic heterocycles. The van der Waals surface area contributed by atoms with E-state index >= 15 is 0 Å². The molecule has 0 bridgehead atoms. The summed E-state index contributed by atoms with van der Waals surface area (Å²) in [6.45, 7) is 14.3. The Bertz CT molecular complexity index is 874. The highest BCUT2D eigenvalue weighted by Crippen LogP contribution is 2.28. The lowest BCUT2D eigenvalue weighted by atomic mass is 9.92. The van der Waals surface area contributed by atoms with Crippen LogP contribution < -0.4 is 5.32 Å². The van der Waals surface area contributed by atoms with Gasteiger partial charge < -0.3 is 10.2 Å². The minimum absolute atomic E-state index is 0.104. The highest BCUT2D eigenvalue weighted by molar-refractivity contribution is 5.99. The molecule has 1 aromatic carbocycles. The molecule has 0 aliphatic carbocycles. The fourth-order valence-corrected chi connectivity index (χ4v) is 2.81. The third-order valence-corrected chi connectivity index (χ3v) is 4.48. The van der Waals surface area contributed by atoms with Crippen LogP contribution in [-0.2, 0) is 15.7 Å². The van der Waals surface area contributed by atoms with Crippen molar-refractivity contribution in [2.75, 3.05) is 18.4 Å². The van der Waals surface area contributed by atoms with Gasteiger partial charge in [-0.05, 0) is 52.0 Å². The Kier molecular flexibility index (Phi) is 6.50. The lowest BCUT2D eigenvalue weighted by molar-refractivity contribution is -0.116. The molecule has 2 aromatic rings. The number of carbonyl (C=O) groups is 2. The Hall–Kier alpha value is -2.70. The number of benzene rings is 1.